The maximum absolute atomic E-state index is 13.1. The van der Waals surface area contributed by atoms with Crippen molar-refractivity contribution in [2.75, 3.05) is 12.0 Å². The van der Waals surface area contributed by atoms with Crippen LogP contribution in [0.4, 0.5) is 11.4 Å². The number of halogens is 1. The summed E-state index contributed by atoms with van der Waals surface area (Å²) >= 11 is 3.35. The molecule has 0 aromatic heterocycles. The van der Waals surface area contributed by atoms with E-state index in [4.69, 9.17) is 4.74 Å². The molecule has 0 fully saturated rings. The summed E-state index contributed by atoms with van der Waals surface area (Å²) in [6, 6.07) is 12.8. The van der Waals surface area contributed by atoms with Crippen LogP contribution < -0.4 is 4.90 Å². The molecule has 0 radical (unpaired) electrons. The largest absolute Gasteiger partial charge is 0.465 e. The van der Waals surface area contributed by atoms with Crippen LogP contribution in [-0.4, -0.2) is 23.9 Å². The minimum Gasteiger partial charge on any atom is -0.465 e. The van der Waals surface area contributed by atoms with Gasteiger partial charge in [0.05, 0.1) is 23.2 Å². The highest BCUT2D eigenvalue weighted by atomic mass is 79.9. The molecule has 0 atom stereocenters. The number of hydrogen-bond acceptors (Lipinski definition) is 5. The molecule has 142 valence electrons. The van der Waals surface area contributed by atoms with E-state index in [0.29, 0.717) is 11.4 Å². The van der Waals surface area contributed by atoms with E-state index in [1.165, 1.54) is 36.3 Å². The third-order valence-corrected chi connectivity index (χ3v) is 4.82. The Kier molecular flexibility index (Phi) is 5.41. The van der Waals surface area contributed by atoms with Gasteiger partial charge in [0.15, 0.2) is 0 Å². The first-order valence-electron chi connectivity index (χ1n) is 8.19. The zero-order chi connectivity index (χ0) is 20.4. The third kappa shape index (κ3) is 3.59. The van der Waals surface area contributed by atoms with Gasteiger partial charge >= 0.3 is 5.97 Å². The van der Waals surface area contributed by atoms with Crippen LogP contribution in [0.3, 0.4) is 0 Å². The van der Waals surface area contributed by atoms with Gasteiger partial charge in [0.25, 0.3) is 11.6 Å². The van der Waals surface area contributed by atoms with Crippen LogP contribution in [0, 0.1) is 10.1 Å². The first kappa shape index (κ1) is 19.5. The predicted octanol–water partition coefficient (Wildman–Crippen LogP) is 4.23. The normalized spacial score (nSPS) is 15.3. The van der Waals surface area contributed by atoms with Crippen molar-refractivity contribution in [1.29, 1.82) is 0 Å². The molecular formula is C20H15BrN2O5. The van der Waals surface area contributed by atoms with E-state index in [1.54, 1.807) is 13.0 Å². The van der Waals surface area contributed by atoms with Crippen LogP contribution >= 0.6 is 15.9 Å². The number of benzene rings is 2. The lowest BCUT2D eigenvalue weighted by molar-refractivity contribution is -0.384. The van der Waals surface area contributed by atoms with Gasteiger partial charge in [-0.3, -0.25) is 19.8 Å². The second-order valence-corrected chi connectivity index (χ2v) is 6.89. The summed E-state index contributed by atoms with van der Waals surface area (Å²) in [7, 11) is 1.25. The molecule has 0 saturated carbocycles. The molecule has 28 heavy (non-hydrogen) atoms. The lowest BCUT2D eigenvalue weighted by Crippen LogP contribution is -2.24. The van der Waals surface area contributed by atoms with E-state index in [2.05, 4.69) is 15.9 Å². The van der Waals surface area contributed by atoms with Gasteiger partial charge in [0, 0.05) is 28.0 Å². The SMILES string of the molecule is COC(=O)C1=C(C)N(c2ccc([N+](=O)[O-])cc2)C(=O)/C1=C\c1ccc(Br)cc1. The number of anilines is 1. The Hall–Kier alpha value is -3.26. The molecule has 2 aromatic carbocycles. The highest BCUT2D eigenvalue weighted by Gasteiger charge is 2.38. The fourth-order valence-corrected chi connectivity index (χ4v) is 3.20. The molecule has 1 aliphatic heterocycles. The monoisotopic (exact) mass is 442 g/mol. The van der Waals surface area contributed by atoms with Gasteiger partial charge in [-0.2, -0.15) is 0 Å². The average molecular weight is 443 g/mol. The smallest absolute Gasteiger partial charge is 0.340 e. The molecule has 2 aromatic rings. The quantitative estimate of drug-likeness (QED) is 0.305. The van der Waals surface area contributed by atoms with Gasteiger partial charge in [-0.1, -0.05) is 28.1 Å². The Morgan fingerprint density at radius 2 is 1.75 bits per heavy atom. The Morgan fingerprint density at radius 3 is 2.29 bits per heavy atom. The Bertz CT molecular complexity index is 1020. The molecule has 0 spiro atoms. The number of ether oxygens (including phenoxy) is 1. The molecule has 1 aliphatic rings. The van der Waals surface area contributed by atoms with Crippen molar-refractivity contribution in [3.63, 3.8) is 0 Å². The van der Waals surface area contributed by atoms with Crippen LogP contribution in [0.25, 0.3) is 6.08 Å². The van der Waals surface area contributed by atoms with Crippen molar-refractivity contribution < 1.29 is 19.2 Å². The van der Waals surface area contributed by atoms with Crippen molar-refractivity contribution >= 4 is 45.3 Å². The predicted molar refractivity (Wildman–Crippen MR) is 107 cm³/mol. The highest BCUT2D eigenvalue weighted by molar-refractivity contribution is 9.10. The second-order valence-electron chi connectivity index (χ2n) is 5.98. The number of rotatable bonds is 4. The second kappa shape index (κ2) is 7.77. The molecule has 1 heterocycles. The molecule has 0 bridgehead atoms. The lowest BCUT2D eigenvalue weighted by atomic mass is 10.0. The van der Waals surface area contributed by atoms with Crippen LogP contribution in [0.2, 0.25) is 0 Å². The highest BCUT2D eigenvalue weighted by Crippen LogP contribution is 2.36. The van der Waals surface area contributed by atoms with Crippen molar-refractivity contribution in [1.82, 2.24) is 0 Å². The van der Waals surface area contributed by atoms with Crippen molar-refractivity contribution in [3.05, 3.63) is 85.5 Å². The number of hydrogen-bond donors (Lipinski definition) is 0. The number of nitrogens with zero attached hydrogens (tertiary/aromatic N) is 2. The number of esters is 1. The summed E-state index contributed by atoms with van der Waals surface area (Å²) in [4.78, 5) is 37.1. The lowest BCUT2D eigenvalue weighted by Gasteiger charge is -2.17. The van der Waals surface area contributed by atoms with E-state index in [-0.39, 0.29) is 16.8 Å². The molecule has 1 amide bonds. The van der Waals surface area contributed by atoms with Crippen LogP contribution in [0.5, 0.6) is 0 Å². The van der Waals surface area contributed by atoms with E-state index >= 15 is 0 Å². The van der Waals surface area contributed by atoms with E-state index in [9.17, 15) is 19.7 Å². The van der Waals surface area contributed by atoms with Gasteiger partial charge in [-0.05, 0) is 42.8 Å². The van der Waals surface area contributed by atoms with Crippen molar-refractivity contribution in [3.8, 4) is 0 Å². The van der Waals surface area contributed by atoms with Gasteiger partial charge in [-0.25, -0.2) is 4.79 Å². The van der Waals surface area contributed by atoms with Gasteiger partial charge < -0.3 is 4.74 Å². The van der Waals surface area contributed by atoms with Crippen molar-refractivity contribution in [2.24, 2.45) is 0 Å². The molecule has 8 heteroatoms. The summed E-state index contributed by atoms with van der Waals surface area (Å²) in [5, 5.41) is 10.9. The summed E-state index contributed by atoms with van der Waals surface area (Å²) in [5.41, 5.74) is 1.84. The van der Waals surface area contributed by atoms with Crippen LogP contribution in [0.1, 0.15) is 12.5 Å². The molecule has 7 nitrogen and oxygen atoms in total. The minimum absolute atomic E-state index is 0.0872. The first-order chi connectivity index (χ1) is 13.3. The van der Waals surface area contributed by atoms with Crippen molar-refractivity contribution in [2.45, 2.75) is 6.92 Å². The molecule has 3 rings (SSSR count). The van der Waals surface area contributed by atoms with Crippen LogP contribution in [0.15, 0.2) is 69.8 Å². The summed E-state index contributed by atoms with van der Waals surface area (Å²) in [6.07, 6.45) is 1.62. The van der Waals surface area contributed by atoms with Gasteiger partial charge in [-0.15, -0.1) is 0 Å². The maximum Gasteiger partial charge on any atom is 0.340 e. The number of amides is 1. The van der Waals surface area contributed by atoms with E-state index in [0.717, 1.165) is 10.0 Å². The Labute approximate surface area is 169 Å². The number of methoxy groups -OCH3 is 1. The summed E-state index contributed by atoms with van der Waals surface area (Å²) in [5.74, 6) is -1.03. The fraction of sp³-hybridized carbons (Fsp3) is 0.100. The standard InChI is InChI=1S/C20H15BrN2O5/c1-12-18(20(25)28-2)17(11-13-3-5-14(21)6-4-13)19(24)22(12)15-7-9-16(10-8-15)23(26)27/h3-11H,1-2H3/b17-11-. The fourth-order valence-electron chi connectivity index (χ4n) is 2.94. The summed E-state index contributed by atoms with van der Waals surface area (Å²) < 4.78 is 5.75. The number of carbonyl (C=O) groups excluding carboxylic acids is 2. The zero-order valence-corrected chi connectivity index (χ0v) is 16.6. The molecule has 0 unspecified atom stereocenters. The van der Waals surface area contributed by atoms with Gasteiger partial charge in [0.2, 0.25) is 0 Å². The van der Waals surface area contributed by atoms with E-state index < -0.39 is 16.8 Å². The summed E-state index contributed by atoms with van der Waals surface area (Å²) in [6.45, 7) is 1.63. The van der Waals surface area contributed by atoms with E-state index in [1.807, 2.05) is 24.3 Å². The Morgan fingerprint density at radius 1 is 1.14 bits per heavy atom. The molecular weight excluding hydrogens is 428 g/mol. The molecule has 0 aliphatic carbocycles. The molecule has 0 saturated heterocycles. The number of nitro groups is 1. The zero-order valence-electron chi connectivity index (χ0n) is 15.0. The number of carbonyl (C=O) groups is 2. The van der Waals surface area contributed by atoms with Gasteiger partial charge in [0.1, 0.15) is 0 Å². The maximum atomic E-state index is 13.1. The van der Waals surface area contributed by atoms with Crippen LogP contribution in [-0.2, 0) is 14.3 Å². The average Bonchev–Trinajstić information content (AvgIpc) is 2.93. The topological polar surface area (TPSA) is 89.8 Å². The minimum atomic E-state index is -0.626. The number of non-ortho nitro benzene ring substituents is 1. The number of nitro benzene ring substituents is 1. The third-order valence-electron chi connectivity index (χ3n) is 4.29. The Balaban J connectivity index is 2.09. The molecule has 0 N–H and O–H groups in total. The number of allylic oxidation sites excluding steroid dienone is 1. The first-order valence-corrected chi connectivity index (χ1v) is 8.98.